The lowest BCUT2D eigenvalue weighted by atomic mass is 9.98. The quantitative estimate of drug-likeness (QED) is 0.768. The first-order chi connectivity index (χ1) is 9.81. The van der Waals surface area contributed by atoms with E-state index in [0.29, 0.717) is 0 Å². The average molecular weight is 266 g/mol. The Morgan fingerprint density at radius 3 is 2.55 bits per heavy atom. The molecule has 0 spiro atoms. The number of nitrogens with zero attached hydrogens (tertiary/aromatic N) is 2. The van der Waals surface area contributed by atoms with Crippen LogP contribution in [0.2, 0.25) is 0 Å². The smallest absolute Gasteiger partial charge is 0.124 e. The third-order valence-electron chi connectivity index (χ3n) is 3.81. The van der Waals surface area contributed by atoms with Crippen molar-refractivity contribution in [2.24, 2.45) is 0 Å². The molecule has 20 heavy (non-hydrogen) atoms. The van der Waals surface area contributed by atoms with E-state index in [1.165, 1.54) is 10.8 Å². The molecule has 2 aromatic rings. The van der Waals surface area contributed by atoms with Gasteiger partial charge >= 0.3 is 0 Å². The van der Waals surface area contributed by atoms with Gasteiger partial charge in [-0.3, -0.25) is 4.90 Å². The number of rotatable bonds is 6. The first-order valence-electron chi connectivity index (χ1n) is 7.43. The van der Waals surface area contributed by atoms with Gasteiger partial charge in [-0.25, -0.2) is 0 Å². The third-order valence-corrected chi connectivity index (χ3v) is 3.81. The Labute approximate surface area is 121 Å². The molecule has 0 fully saturated rings. The molecule has 2 heteroatoms. The van der Waals surface area contributed by atoms with Crippen molar-refractivity contribution in [1.82, 2.24) is 4.90 Å². The number of hydrogen-bond donors (Lipinski definition) is 0. The van der Waals surface area contributed by atoms with E-state index in [-0.39, 0.29) is 6.04 Å². The van der Waals surface area contributed by atoms with Crippen LogP contribution >= 0.6 is 0 Å². The van der Waals surface area contributed by atoms with Crippen molar-refractivity contribution in [3.05, 3.63) is 48.0 Å². The van der Waals surface area contributed by atoms with E-state index >= 15 is 0 Å². The van der Waals surface area contributed by atoms with Crippen molar-refractivity contribution in [2.75, 3.05) is 13.1 Å². The monoisotopic (exact) mass is 266 g/mol. The van der Waals surface area contributed by atoms with Crippen LogP contribution < -0.4 is 0 Å². The second-order valence-electron chi connectivity index (χ2n) is 5.08. The Morgan fingerprint density at radius 2 is 1.85 bits per heavy atom. The Bertz CT molecular complexity index is 592. The zero-order chi connectivity index (χ0) is 14.4. The third kappa shape index (κ3) is 3.00. The van der Waals surface area contributed by atoms with Gasteiger partial charge in [0.05, 0.1) is 6.07 Å². The summed E-state index contributed by atoms with van der Waals surface area (Å²) in [4.78, 5) is 2.27. The van der Waals surface area contributed by atoms with Crippen molar-refractivity contribution in [1.29, 1.82) is 5.26 Å². The topological polar surface area (TPSA) is 27.0 Å². The predicted octanol–water partition coefficient (Wildman–Crippen LogP) is 4.53. The lowest BCUT2D eigenvalue weighted by molar-refractivity contribution is 0.246. The maximum atomic E-state index is 9.65. The van der Waals surface area contributed by atoms with Crippen molar-refractivity contribution in [2.45, 2.75) is 32.7 Å². The number of fused-ring (bicyclic) bond motifs is 1. The van der Waals surface area contributed by atoms with E-state index in [1.54, 1.807) is 0 Å². The fourth-order valence-corrected chi connectivity index (χ4v) is 2.67. The van der Waals surface area contributed by atoms with E-state index < -0.39 is 0 Å². The molecule has 0 aliphatic heterocycles. The number of hydrogen-bond acceptors (Lipinski definition) is 2. The van der Waals surface area contributed by atoms with Crippen LogP contribution in [0.3, 0.4) is 0 Å². The lowest BCUT2D eigenvalue weighted by Crippen LogP contribution is -2.29. The van der Waals surface area contributed by atoms with Gasteiger partial charge in [-0.2, -0.15) is 5.26 Å². The maximum Gasteiger partial charge on any atom is 0.124 e. The molecule has 0 radical (unpaired) electrons. The minimum absolute atomic E-state index is 0.155. The SMILES string of the molecule is CCCCN(CC)C(C#N)c1cccc2ccccc12. The number of unbranched alkanes of at least 4 members (excludes halogenated alkanes) is 1. The summed E-state index contributed by atoms with van der Waals surface area (Å²) in [5.74, 6) is 0. The molecule has 0 heterocycles. The highest BCUT2D eigenvalue weighted by Gasteiger charge is 2.19. The van der Waals surface area contributed by atoms with E-state index in [0.717, 1.165) is 31.5 Å². The zero-order valence-corrected chi connectivity index (χ0v) is 12.3. The first-order valence-corrected chi connectivity index (χ1v) is 7.43. The van der Waals surface area contributed by atoms with E-state index in [2.05, 4.69) is 55.1 Å². The molecule has 0 aliphatic rings. The molecule has 0 N–H and O–H groups in total. The van der Waals surface area contributed by atoms with Gasteiger partial charge in [0.1, 0.15) is 6.04 Å². The summed E-state index contributed by atoms with van der Waals surface area (Å²) in [7, 11) is 0. The summed E-state index contributed by atoms with van der Waals surface area (Å²) >= 11 is 0. The predicted molar refractivity (Wildman–Crippen MR) is 84.5 cm³/mol. The highest BCUT2D eigenvalue weighted by Crippen LogP contribution is 2.28. The Balaban J connectivity index is 2.41. The van der Waals surface area contributed by atoms with E-state index in [1.807, 2.05) is 12.1 Å². The van der Waals surface area contributed by atoms with E-state index in [4.69, 9.17) is 0 Å². The summed E-state index contributed by atoms with van der Waals surface area (Å²) in [5.41, 5.74) is 1.13. The fourth-order valence-electron chi connectivity index (χ4n) is 2.67. The average Bonchev–Trinajstić information content (AvgIpc) is 2.51. The van der Waals surface area contributed by atoms with Gasteiger partial charge in [0.25, 0.3) is 0 Å². The van der Waals surface area contributed by atoms with Crippen LogP contribution in [0.4, 0.5) is 0 Å². The molecule has 1 unspecified atom stereocenters. The summed E-state index contributed by atoms with van der Waals surface area (Å²) in [6, 6.07) is 16.9. The first kappa shape index (κ1) is 14.6. The number of nitriles is 1. The van der Waals surface area contributed by atoms with Gasteiger partial charge in [0.15, 0.2) is 0 Å². The van der Waals surface area contributed by atoms with Crippen LogP contribution in [0.5, 0.6) is 0 Å². The molecular weight excluding hydrogens is 244 g/mol. The van der Waals surface area contributed by atoms with Crippen molar-refractivity contribution >= 4 is 10.8 Å². The standard InChI is InChI=1S/C18H22N2/c1-3-5-13-20(4-2)18(14-19)17-12-8-10-15-9-6-7-11-16(15)17/h6-12,18H,3-5,13H2,1-2H3. The molecule has 2 rings (SSSR count). The fraction of sp³-hybridized carbons (Fsp3) is 0.389. The molecule has 0 bridgehead atoms. The minimum Gasteiger partial charge on any atom is -0.285 e. The van der Waals surface area contributed by atoms with Gasteiger partial charge < -0.3 is 0 Å². The van der Waals surface area contributed by atoms with Gasteiger partial charge in [0, 0.05) is 0 Å². The summed E-state index contributed by atoms with van der Waals surface area (Å²) < 4.78 is 0. The lowest BCUT2D eigenvalue weighted by Gasteiger charge is -2.26. The summed E-state index contributed by atoms with van der Waals surface area (Å²) in [6.45, 7) is 6.20. The maximum absolute atomic E-state index is 9.65. The largest absolute Gasteiger partial charge is 0.285 e. The van der Waals surface area contributed by atoms with Crippen LogP contribution in [0, 0.1) is 11.3 Å². The second kappa shape index (κ2) is 7.07. The van der Waals surface area contributed by atoms with Crippen molar-refractivity contribution < 1.29 is 0 Å². The van der Waals surface area contributed by atoms with Crippen LogP contribution in [-0.2, 0) is 0 Å². The van der Waals surface area contributed by atoms with Crippen LogP contribution in [0.1, 0.15) is 38.3 Å². The molecule has 2 aromatic carbocycles. The molecular formula is C18H22N2. The van der Waals surface area contributed by atoms with Gasteiger partial charge in [-0.1, -0.05) is 62.7 Å². The Hall–Kier alpha value is -1.85. The Morgan fingerprint density at radius 1 is 1.10 bits per heavy atom. The Kier molecular flexibility index (Phi) is 5.15. The molecule has 104 valence electrons. The highest BCUT2D eigenvalue weighted by atomic mass is 15.1. The van der Waals surface area contributed by atoms with Crippen molar-refractivity contribution in [3.63, 3.8) is 0 Å². The molecule has 1 atom stereocenters. The summed E-state index contributed by atoms with van der Waals surface area (Å²) in [6.07, 6.45) is 2.29. The molecule has 0 amide bonds. The summed E-state index contributed by atoms with van der Waals surface area (Å²) in [5, 5.41) is 12.0. The molecule has 0 aliphatic carbocycles. The van der Waals surface area contributed by atoms with Crippen molar-refractivity contribution in [3.8, 4) is 6.07 Å². The molecule has 2 nitrogen and oxygen atoms in total. The number of benzene rings is 2. The van der Waals surface area contributed by atoms with Gasteiger partial charge in [-0.05, 0) is 35.8 Å². The minimum atomic E-state index is -0.155. The van der Waals surface area contributed by atoms with Gasteiger partial charge in [0.2, 0.25) is 0 Å². The molecule has 0 saturated heterocycles. The van der Waals surface area contributed by atoms with Crippen LogP contribution in [0.25, 0.3) is 10.8 Å². The molecule has 0 aromatic heterocycles. The van der Waals surface area contributed by atoms with E-state index in [9.17, 15) is 5.26 Å². The molecule has 0 saturated carbocycles. The highest BCUT2D eigenvalue weighted by molar-refractivity contribution is 5.86. The zero-order valence-electron chi connectivity index (χ0n) is 12.3. The van der Waals surface area contributed by atoms with Crippen LogP contribution in [-0.4, -0.2) is 18.0 Å². The normalized spacial score (nSPS) is 12.5. The second-order valence-corrected chi connectivity index (χ2v) is 5.08. The van der Waals surface area contributed by atoms with Crippen LogP contribution in [0.15, 0.2) is 42.5 Å². The van der Waals surface area contributed by atoms with Gasteiger partial charge in [-0.15, -0.1) is 0 Å².